The van der Waals surface area contributed by atoms with Crippen molar-refractivity contribution in [2.24, 2.45) is 0 Å². The molecule has 0 N–H and O–H groups in total. The summed E-state index contributed by atoms with van der Waals surface area (Å²) in [5.41, 5.74) is 0.873. The van der Waals surface area contributed by atoms with Crippen LogP contribution in [0.1, 0.15) is 5.69 Å². The van der Waals surface area contributed by atoms with Crippen LogP contribution in [-0.4, -0.2) is 9.97 Å². The Morgan fingerprint density at radius 3 is 2.92 bits per heavy atom. The third-order valence-electron chi connectivity index (χ3n) is 1.57. The summed E-state index contributed by atoms with van der Waals surface area (Å²) < 4.78 is 5.49. The van der Waals surface area contributed by atoms with Gasteiger partial charge in [0.15, 0.2) is 5.75 Å². The first-order chi connectivity index (χ1) is 6.36. The van der Waals surface area contributed by atoms with Gasteiger partial charge in [-0.1, -0.05) is 11.3 Å². The predicted octanol–water partition coefficient (Wildman–Crippen LogP) is 2.64. The molecule has 0 amide bonds. The second kappa shape index (κ2) is 3.53. The first kappa shape index (κ1) is 8.19. The quantitative estimate of drug-likeness (QED) is 0.733. The van der Waals surface area contributed by atoms with Crippen molar-refractivity contribution >= 4 is 11.3 Å². The van der Waals surface area contributed by atoms with Crippen LogP contribution in [-0.2, 0) is 0 Å². The van der Waals surface area contributed by atoms with Gasteiger partial charge in [0.25, 0.3) is 5.19 Å². The zero-order valence-electron chi connectivity index (χ0n) is 7.10. The molecule has 66 valence electrons. The molecule has 0 radical (unpaired) electrons. The highest BCUT2D eigenvalue weighted by Gasteiger charge is 2.01. The van der Waals surface area contributed by atoms with Crippen LogP contribution in [0.4, 0.5) is 0 Å². The van der Waals surface area contributed by atoms with Crippen molar-refractivity contribution in [3.63, 3.8) is 0 Å². The van der Waals surface area contributed by atoms with Gasteiger partial charge in [-0.3, -0.25) is 4.98 Å². The number of aryl methyl sites for hydroxylation is 1. The second-order valence-corrected chi connectivity index (χ2v) is 3.34. The van der Waals surface area contributed by atoms with Crippen molar-refractivity contribution in [1.29, 1.82) is 0 Å². The Bertz CT molecular complexity index is 386. The van der Waals surface area contributed by atoms with Gasteiger partial charge in [0.05, 0.1) is 5.69 Å². The molecule has 0 aliphatic rings. The maximum Gasteiger partial charge on any atom is 0.278 e. The van der Waals surface area contributed by atoms with Crippen LogP contribution < -0.4 is 4.74 Å². The van der Waals surface area contributed by atoms with Gasteiger partial charge in [-0.2, -0.15) is 0 Å². The summed E-state index contributed by atoms with van der Waals surface area (Å²) >= 11 is 1.47. The predicted molar refractivity (Wildman–Crippen MR) is 51.2 cm³/mol. The number of thiazole rings is 1. The van der Waals surface area contributed by atoms with Crippen LogP contribution in [0.25, 0.3) is 0 Å². The molecule has 2 heterocycles. The molecular weight excluding hydrogens is 184 g/mol. The van der Waals surface area contributed by atoms with E-state index >= 15 is 0 Å². The molecule has 2 aromatic rings. The molecule has 0 bridgehead atoms. The molecule has 0 saturated heterocycles. The molecule has 4 heteroatoms. The molecule has 13 heavy (non-hydrogen) atoms. The number of aromatic nitrogens is 2. The third-order valence-corrected chi connectivity index (χ3v) is 2.21. The summed E-state index contributed by atoms with van der Waals surface area (Å²) in [7, 11) is 0. The van der Waals surface area contributed by atoms with E-state index in [0.717, 1.165) is 11.4 Å². The topological polar surface area (TPSA) is 35.0 Å². The third kappa shape index (κ3) is 1.84. The second-order valence-electron chi connectivity index (χ2n) is 2.49. The van der Waals surface area contributed by atoms with Crippen molar-refractivity contribution in [2.75, 3.05) is 0 Å². The number of hydrogen-bond donors (Lipinski definition) is 0. The summed E-state index contributed by atoms with van der Waals surface area (Å²) in [5, 5.41) is 2.53. The zero-order chi connectivity index (χ0) is 9.10. The zero-order valence-corrected chi connectivity index (χ0v) is 7.91. The molecule has 0 atom stereocenters. The number of rotatable bonds is 2. The Balaban J connectivity index is 2.24. The fourth-order valence-electron chi connectivity index (χ4n) is 0.932. The molecule has 3 nitrogen and oxygen atoms in total. The molecule has 0 spiro atoms. The Hall–Kier alpha value is -1.42. The van der Waals surface area contributed by atoms with E-state index < -0.39 is 0 Å². The summed E-state index contributed by atoms with van der Waals surface area (Å²) in [6, 6.07) is 3.72. The van der Waals surface area contributed by atoms with Gasteiger partial charge < -0.3 is 4.74 Å². The molecule has 0 saturated carbocycles. The Morgan fingerprint density at radius 1 is 1.31 bits per heavy atom. The average Bonchev–Trinajstić information content (AvgIpc) is 2.61. The minimum absolute atomic E-state index is 0.649. The number of hydrogen-bond acceptors (Lipinski definition) is 4. The van der Waals surface area contributed by atoms with E-state index in [0.29, 0.717) is 5.19 Å². The van der Waals surface area contributed by atoms with E-state index in [1.807, 2.05) is 24.4 Å². The van der Waals surface area contributed by atoms with Crippen molar-refractivity contribution in [1.82, 2.24) is 9.97 Å². The Morgan fingerprint density at radius 2 is 2.23 bits per heavy atom. The van der Waals surface area contributed by atoms with Crippen LogP contribution in [0.15, 0.2) is 29.9 Å². The fraction of sp³-hybridized carbons (Fsp3) is 0.111. The van der Waals surface area contributed by atoms with Gasteiger partial charge in [0.2, 0.25) is 0 Å². The van der Waals surface area contributed by atoms with Crippen LogP contribution >= 0.6 is 11.3 Å². The van der Waals surface area contributed by atoms with E-state index in [-0.39, 0.29) is 0 Å². The van der Waals surface area contributed by atoms with Crippen molar-refractivity contribution in [2.45, 2.75) is 6.92 Å². The summed E-state index contributed by atoms with van der Waals surface area (Å²) in [6.07, 6.45) is 3.45. The fourth-order valence-corrected chi connectivity index (χ4v) is 1.43. The monoisotopic (exact) mass is 192 g/mol. The van der Waals surface area contributed by atoms with Gasteiger partial charge in [0.1, 0.15) is 0 Å². The summed E-state index contributed by atoms with van der Waals surface area (Å²) in [6.45, 7) is 1.91. The van der Waals surface area contributed by atoms with Crippen molar-refractivity contribution < 1.29 is 4.74 Å². The largest absolute Gasteiger partial charge is 0.429 e. The Kier molecular flexibility index (Phi) is 2.23. The number of ether oxygens (including phenoxy) is 1. The molecular formula is C9H8N2OS. The SMILES string of the molecule is Cc1ncccc1Oc1nccs1. The highest BCUT2D eigenvalue weighted by atomic mass is 32.1. The van der Waals surface area contributed by atoms with E-state index in [9.17, 15) is 0 Å². The van der Waals surface area contributed by atoms with E-state index in [1.54, 1.807) is 12.4 Å². The highest BCUT2D eigenvalue weighted by Crippen LogP contribution is 2.24. The van der Waals surface area contributed by atoms with Crippen LogP contribution in [0, 0.1) is 6.92 Å². The Labute approximate surface area is 80.0 Å². The molecule has 2 rings (SSSR count). The lowest BCUT2D eigenvalue weighted by molar-refractivity contribution is 0.472. The van der Waals surface area contributed by atoms with Crippen molar-refractivity contribution in [3.8, 4) is 10.9 Å². The lowest BCUT2D eigenvalue weighted by Crippen LogP contribution is -1.88. The van der Waals surface area contributed by atoms with Crippen molar-refractivity contribution in [3.05, 3.63) is 35.6 Å². The van der Waals surface area contributed by atoms with Crippen LogP contribution in [0.3, 0.4) is 0 Å². The first-order valence-corrected chi connectivity index (χ1v) is 4.73. The van der Waals surface area contributed by atoms with Crippen LogP contribution in [0.2, 0.25) is 0 Å². The standard InChI is InChI=1S/C9H8N2OS/c1-7-8(3-2-4-10-7)12-9-11-5-6-13-9/h2-6H,1H3. The number of nitrogens with zero attached hydrogens (tertiary/aromatic N) is 2. The maximum absolute atomic E-state index is 5.49. The summed E-state index contributed by atoms with van der Waals surface area (Å²) in [4.78, 5) is 8.13. The van der Waals surface area contributed by atoms with Gasteiger partial charge in [0, 0.05) is 17.8 Å². The highest BCUT2D eigenvalue weighted by molar-refractivity contribution is 7.11. The minimum atomic E-state index is 0.649. The lowest BCUT2D eigenvalue weighted by Gasteiger charge is -2.02. The smallest absolute Gasteiger partial charge is 0.278 e. The maximum atomic E-state index is 5.49. The molecule has 0 fully saturated rings. The molecule has 2 aromatic heterocycles. The molecule has 0 aliphatic heterocycles. The van der Waals surface area contributed by atoms with Gasteiger partial charge >= 0.3 is 0 Å². The normalized spacial score (nSPS) is 9.92. The van der Waals surface area contributed by atoms with Gasteiger partial charge in [-0.15, -0.1) is 0 Å². The molecule has 0 aromatic carbocycles. The number of pyridine rings is 1. The minimum Gasteiger partial charge on any atom is -0.429 e. The lowest BCUT2D eigenvalue weighted by atomic mass is 10.3. The van der Waals surface area contributed by atoms with Gasteiger partial charge in [-0.25, -0.2) is 4.98 Å². The molecule has 0 aliphatic carbocycles. The van der Waals surface area contributed by atoms with E-state index in [1.165, 1.54) is 11.3 Å². The first-order valence-electron chi connectivity index (χ1n) is 3.85. The average molecular weight is 192 g/mol. The van der Waals surface area contributed by atoms with E-state index in [2.05, 4.69) is 9.97 Å². The van der Waals surface area contributed by atoms with E-state index in [4.69, 9.17) is 4.74 Å². The summed E-state index contributed by atoms with van der Waals surface area (Å²) in [5.74, 6) is 0.762. The molecule has 0 unspecified atom stereocenters. The van der Waals surface area contributed by atoms with Crippen LogP contribution in [0.5, 0.6) is 10.9 Å². The van der Waals surface area contributed by atoms with Gasteiger partial charge in [-0.05, 0) is 19.1 Å².